The molecular formula is C27H32O4. The Morgan fingerprint density at radius 3 is 1.97 bits per heavy atom. The molecule has 0 bridgehead atoms. The molecule has 0 N–H and O–H groups in total. The third kappa shape index (κ3) is 4.79. The van der Waals surface area contributed by atoms with Crippen LogP contribution in [0.2, 0.25) is 0 Å². The van der Waals surface area contributed by atoms with Crippen molar-refractivity contribution < 1.29 is 18.9 Å². The highest BCUT2D eigenvalue weighted by molar-refractivity contribution is 5.93. The highest BCUT2D eigenvalue weighted by atomic mass is 16.5. The van der Waals surface area contributed by atoms with Crippen molar-refractivity contribution in [3.8, 4) is 45.3 Å². The first-order chi connectivity index (χ1) is 15.2. The van der Waals surface area contributed by atoms with Gasteiger partial charge in [-0.3, -0.25) is 0 Å². The van der Waals surface area contributed by atoms with Gasteiger partial charge >= 0.3 is 0 Å². The van der Waals surface area contributed by atoms with Crippen LogP contribution in [0.1, 0.15) is 32.8 Å². The zero-order valence-corrected chi connectivity index (χ0v) is 19.2. The van der Waals surface area contributed by atoms with E-state index in [1.165, 1.54) is 0 Å². The quantitative estimate of drug-likeness (QED) is 0.362. The van der Waals surface area contributed by atoms with Crippen molar-refractivity contribution in [3.63, 3.8) is 0 Å². The maximum Gasteiger partial charge on any atom is 0.161 e. The number of hydrogen-bond donors (Lipinski definition) is 0. The second kappa shape index (κ2) is 10.8. The van der Waals surface area contributed by atoms with E-state index in [1.54, 1.807) is 14.2 Å². The molecular weight excluding hydrogens is 388 g/mol. The van der Waals surface area contributed by atoms with E-state index < -0.39 is 0 Å². The molecule has 0 aliphatic carbocycles. The predicted molar refractivity (Wildman–Crippen MR) is 127 cm³/mol. The molecule has 3 aromatic rings. The van der Waals surface area contributed by atoms with Crippen LogP contribution in [0, 0.1) is 0 Å². The van der Waals surface area contributed by atoms with Gasteiger partial charge in [-0.1, -0.05) is 49.7 Å². The smallest absolute Gasteiger partial charge is 0.161 e. The van der Waals surface area contributed by atoms with Gasteiger partial charge in [-0.15, -0.1) is 0 Å². The number of hydrogen-bond acceptors (Lipinski definition) is 4. The van der Waals surface area contributed by atoms with E-state index in [2.05, 4.69) is 37.3 Å². The number of benzene rings is 3. The van der Waals surface area contributed by atoms with Gasteiger partial charge in [0.25, 0.3) is 0 Å². The third-order valence-electron chi connectivity index (χ3n) is 5.16. The lowest BCUT2D eigenvalue weighted by atomic mass is 9.89. The minimum Gasteiger partial charge on any atom is -0.493 e. The molecule has 0 aliphatic heterocycles. The summed E-state index contributed by atoms with van der Waals surface area (Å²) in [7, 11) is 3.30. The van der Waals surface area contributed by atoms with Crippen molar-refractivity contribution in [2.45, 2.75) is 33.6 Å². The molecule has 0 unspecified atom stereocenters. The van der Waals surface area contributed by atoms with Crippen LogP contribution in [0.25, 0.3) is 22.3 Å². The molecule has 0 aromatic heterocycles. The summed E-state index contributed by atoms with van der Waals surface area (Å²) >= 11 is 0. The lowest BCUT2D eigenvalue weighted by Crippen LogP contribution is -2.04. The van der Waals surface area contributed by atoms with E-state index in [9.17, 15) is 0 Å². The van der Waals surface area contributed by atoms with Crippen molar-refractivity contribution in [2.24, 2.45) is 0 Å². The van der Waals surface area contributed by atoms with Gasteiger partial charge in [0, 0.05) is 11.1 Å². The second-order valence-corrected chi connectivity index (χ2v) is 7.16. The minimum atomic E-state index is 0.577. The molecule has 0 radical (unpaired) electrons. The number of ether oxygens (including phenoxy) is 4. The summed E-state index contributed by atoms with van der Waals surface area (Å²) in [6.45, 7) is 7.39. The van der Waals surface area contributed by atoms with Gasteiger partial charge in [0.1, 0.15) is 11.5 Å². The highest BCUT2D eigenvalue weighted by Crippen LogP contribution is 2.48. The van der Waals surface area contributed by atoms with Gasteiger partial charge in [0.2, 0.25) is 0 Å². The molecule has 164 valence electrons. The van der Waals surface area contributed by atoms with Crippen molar-refractivity contribution in [1.29, 1.82) is 0 Å². The van der Waals surface area contributed by atoms with Crippen LogP contribution in [-0.2, 0) is 6.42 Å². The maximum absolute atomic E-state index is 6.26. The molecule has 0 amide bonds. The summed E-state index contributed by atoms with van der Waals surface area (Å²) in [5.41, 5.74) is 5.29. The molecule has 4 heteroatoms. The minimum absolute atomic E-state index is 0.577. The molecule has 3 rings (SSSR count). The largest absolute Gasteiger partial charge is 0.493 e. The first-order valence-corrected chi connectivity index (χ1v) is 10.9. The third-order valence-corrected chi connectivity index (χ3v) is 5.16. The maximum atomic E-state index is 6.26. The van der Waals surface area contributed by atoms with Crippen molar-refractivity contribution in [3.05, 3.63) is 60.2 Å². The Kier molecular flexibility index (Phi) is 7.82. The van der Waals surface area contributed by atoms with Crippen molar-refractivity contribution in [1.82, 2.24) is 0 Å². The van der Waals surface area contributed by atoms with Crippen LogP contribution in [0.5, 0.6) is 23.0 Å². The SMILES string of the molecule is CCCc1cc(OCC)c(-c2ccc(OC)c(OC)c2)c(-c2ccccc2)c1OCC. The van der Waals surface area contributed by atoms with Crippen LogP contribution in [0.4, 0.5) is 0 Å². The molecule has 0 fully saturated rings. The van der Waals surface area contributed by atoms with E-state index in [4.69, 9.17) is 18.9 Å². The summed E-state index contributed by atoms with van der Waals surface area (Å²) < 4.78 is 23.5. The Balaban J connectivity index is 2.41. The van der Waals surface area contributed by atoms with E-state index in [1.807, 2.05) is 38.1 Å². The summed E-state index contributed by atoms with van der Waals surface area (Å²) in [6, 6.07) is 18.5. The van der Waals surface area contributed by atoms with Crippen LogP contribution in [-0.4, -0.2) is 27.4 Å². The average Bonchev–Trinajstić information content (AvgIpc) is 2.81. The Morgan fingerprint density at radius 1 is 0.645 bits per heavy atom. The molecule has 0 atom stereocenters. The fraction of sp³-hybridized carbons (Fsp3) is 0.333. The summed E-state index contributed by atoms with van der Waals surface area (Å²) in [4.78, 5) is 0. The fourth-order valence-corrected chi connectivity index (χ4v) is 3.89. The highest BCUT2D eigenvalue weighted by Gasteiger charge is 2.23. The standard InChI is InChI=1S/C27H32O4/c1-6-12-21-18-24(30-7-2)25(20-15-16-22(28-4)23(17-20)29-5)26(27(21)31-8-3)19-13-10-9-11-14-19/h9-11,13-18H,6-8,12H2,1-5H3. The molecule has 0 saturated heterocycles. The first kappa shape index (κ1) is 22.5. The molecule has 31 heavy (non-hydrogen) atoms. The van der Waals surface area contributed by atoms with E-state index in [0.717, 1.165) is 52.2 Å². The van der Waals surface area contributed by atoms with Gasteiger partial charge in [0.05, 0.1) is 27.4 Å². The molecule has 0 heterocycles. The molecule has 3 aromatic carbocycles. The van der Waals surface area contributed by atoms with Crippen molar-refractivity contribution in [2.75, 3.05) is 27.4 Å². The number of rotatable bonds is 10. The van der Waals surface area contributed by atoms with Gasteiger partial charge in [-0.25, -0.2) is 0 Å². The van der Waals surface area contributed by atoms with E-state index in [-0.39, 0.29) is 0 Å². The Morgan fingerprint density at radius 2 is 1.35 bits per heavy atom. The van der Waals surface area contributed by atoms with Crippen LogP contribution >= 0.6 is 0 Å². The zero-order chi connectivity index (χ0) is 22.2. The Hall–Kier alpha value is -3.14. The average molecular weight is 421 g/mol. The van der Waals surface area contributed by atoms with Gasteiger partial charge in [-0.2, -0.15) is 0 Å². The molecule has 4 nitrogen and oxygen atoms in total. The summed E-state index contributed by atoms with van der Waals surface area (Å²) in [6.07, 6.45) is 1.94. The van der Waals surface area contributed by atoms with E-state index >= 15 is 0 Å². The molecule has 0 saturated carbocycles. The summed E-state index contributed by atoms with van der Waals surface area (Å²) in [5.74, 6) is 3.14. The second-order valence-electron chi connectivity index (χ2n) is 7.16. The summed E-state index contributed by atoms with van der Waals surface area (Å²) in [5, 5.41) is 0. The monoisotopic (exact) mass is 420 g/mol. The Bertz CT molecular complexity index is 996. The topological polar surface area (TPSA) is 36.9 Å². The van der Waals surface area contributed by atoms with Crippen LogP contribution in [0.15, 0.2) is 54.6 Å². The first-order valence-electron chi connectivity index (χ1n) is 10.9. The van der Waals surface area contributed by atoms with Gasteiger partial charge in [0.15, 0.2) is 11.5 Å². The number of methoxy groups -OCH3 is 2. The molecule has 0 aliphatic rings. The molecule has 0 spiro atoms. The van der Waals surface area contributed by atoms with E-state index in [0.29, 0.717) is 24.7 Å². The van der Waals surface area contributed by atoms with Gasteiger partial charge < -0.3 is 18.9 Å². The normalized spacial score (nSPS) is 10.6. The van der Waals surface area contributed by atoms with Crippen LogP contribution < -0.4 is 18.9 Å². The van der Waals surface area contributed by atoms with Crippen molar-refractivity contribution >= 4 is 0 Å². The lowest BCUT2D eigenvalue weighted by molar-refractivity contribution is 0.329. The Labute approximate surface area is 185 Å². The van der Waals surface area contributed by atoms with Crippen LogP contribution in [0.3, 0.4) is 0 Å². The number of aryl methyl sites for hydroxylation is 1. The zero-order valence-electron chi connectivity index (χ0n) is 19.2. The predicted octanol–water partition coefficient (Wildman–Crippen LogP) is 6.79. The lowest BCUT2D eigenvalue weighted by Gasteiger charge is -2.23. The fourth-order valence-electron chi connectivity index (χ4n) is 3.89. The van der Waals surface area contributed by atoms with Gasteiger partial charge in [-0.05, 0) is 55.2 Å².